The van der Waals surface area contributed by atoms with E-state index in [1.54, 1.807) is 80.6 Å². The van der Waals surface area contributed by atoms with E-state index in [1.165, 1.54) is 24.1 Å². The molecule has 10 heteroatoms. The minimum atomic E-state index is -4.15. The minimum absolute atomic E-state index is 0.00312. The number of benzene rings is 3. The SMILES string of the molecule is CCNC(=O)[C@@H](CC)N(Cc1ccccc1Cl)C(=O)CN(c1ccccc1)S(=O)(=O)c1ccc(OC)cc1. The van der Waals surface area contributed by atoms with Gasteiger partial charge in [0.25, 0.3) is 10.0 Å². The number of para-hydroxylation sites is 1. The second-order valence-corrected chi connectivity index (χ2v) is 10.7. The number of sulfonamides is 1. The topological polar surface area (TPSA) is 96.0 Å². The van der Waals surface area contributed by atoms with E-state index in [1.807, 2.05) is 0 Å². The van der Waals surface area contributed by atoms with Crippen molar-refractivity contribution in [3.63, 3.8) is 0 Å². The van der Waals surface area contributed by atoms with Gasteiger partial charge < -0.3 is 15.0 Å². The highest BCUT2D eigenvalue weighted by molar-refractivity contribution is 7.92. The molecule has 202 valence electrons. The van der Waals surface area contributed by atoms with Gasteiger partial charge in [0.1, 0.15) is 18.3 Å². The predicted octanol–water partition coefficient (Wildman–Crippen LogP) is 4.49. The molecule has 0 radical (unpaired) electrons. The summed E-state index contributed by atoms with van der Waals surface area (Å²) in [6.45, 7) is 3.52. The zero-order valence-electron chi connectivity index (χ0n) is 21.6. The van der Waals surface area contributed by atoms with Crippen molar-refractivity contribution in [2.45, 2.75) is 37.8 Å². The Kier molecular flexibility index (Phi) is 10.2. The average molecular weight is 558 g/mol. The van der Waals surface area contributed by atoms with E-state index in [2.05, 4.69) is 5.32 Å². The number of nitrogens with one attached hydrogen (secondary N) is 1. The molecule has 0 heterocycles. The first-order valence-corrected chi connectivity index (χ1v) is 14.1. The van der Waals surface area contributed by atoms with Gasteiger partial charge in [-0.05, 0) is 61.4 Å². The molecule has 0 aliphatic heterocycles. The molecule has 0 saturated heterocycles. The number of hydrogen-bond donors (Lipinski definition) is 1. The quantitative estimate of drug-likeness (QED) is 0.354. The van der Waals surface area contributed by atoms with E-state index in [0.717, 1.165) is 4.31 Å². The lowest BCUT2D eigenvalue weighted by molar-refractivity contribution is -0.140. The molecule has 0 fully saturated rings. The molecule has 0 unspecified atom stereocenters. The van der Waals surface area contributed by atoms with E-state index >= 15 is 0 Å². The van der Waals surface area contributed by atoms with Gasteiger partial charge in [-0.1, -0.05) is 54.9 Å². The first kappa shape index (κ1) is 29.0. The molecule has 1 N–H and O–H groups in total. The van der Waals surface area contributed by atoms with Crippen molar-refractivity contribution in [2.24, 2.45) is 0 Å². The maximum Gasteiger partial charge on any atom is 0.264 e. The second kappa shape index (κ2) is 13.3. The molecule has 3 aromatic carbocycles. The summed E-state index contributed by atoms with van der Waals surface area (Å²) in [4.78, 5) is 28.3. The number of carbonyl (C=O) groups is 2. The number of halogens is 1. The molecule has 0 aliphatic carbocycles. The zero-order valence-corrected chi connectivity index (χ0v) is 23.2. The Bertz CT molecular complexity index is 1330. The van der Waals surface area contributed by atoms with Crippen molar-refractivity contribution in [2.75, 3.05) is 24.5 Å². The Hall–Kier alpha value is -3.56. The molecule has 0 aromatic heterocycles. The normalized spacial score (nSPS) is 11.9. The van der Waals surface area contributed by atoms with Crippen LogP contribution < -0.4 is 14.4 Å². The van der Waals surface area contributed by atoms with Crippen LogP contribution in [0.25, 0.3) is 0 Å². The molecule has 38 heavy (non-hydrogen) atoms. The largest absolute Gasteiger partial charge is 0.497 e. The van der Waals surface area contributed by atoms with Crippen LogP contribution in [0, 0.1) is 0 Å². The highest BCUT2D eigenvalue weighted by Crippen LogP contribution is 2.26. The highest BCUT2D eigenvalue weighted by atomic mass is 35.5. The summed E-state index contributed by atoms with van der Waals surface area (Å²) < 4.78 is 33.8. The van der Waals surface area contributed by atoms with Gasteiger partial charge in [-0.2, -0.15) is 0 Å². The van der Waals surface area contributed by atoms with Crippen LogP contribution in [0.2, 0.25) is 5.02 Å². The van der Waals surface area contributed by atoms with Crippen molar-refractivity contribution in [1.29, 1.82) is 0 Å². The number of anilines is 1. The Labute approximate surface area is 229 Å². The van der Waals surface area contributed by atoms with E-state index in [0.29, 0.717) is 35.0 Å². The smallest absolute Gasteiger partial charge is 0.264 e. The van der Waals surface area contributed by atoms with Crippen LogP contribution in [0.1, 0.15) is 25.8 Å². The van der Waals surface area contributed by atoms with Gasteiger partial charge in [0.2, 0.25) is 11.8 Å². The minimum Gasteiger partial charge on any atom is -0.497 e. The number of carbonyl (C=O) groups excluding carboxylic acids is 2. The zero-order chi connectivity index (χ0) is 27.7. The van der Waals surface area contributed by atoms with Crippen molar-refractivity contribution in [1.82, 2.24) is 10.2 Å². The van der Waals surface area contributed by atoms with Gasteiger partial charge in [-0.25, -0.2) is 8.42 Å². The molecule has 3 rings (SSSR count). The lowest BCUT2D eigenvalue weighted by Gasteiger charge is -2.33. The number of nitrogens with zero attached hydrogens (tertiary/aromatic N) is 2. The fourth-order valence-electron chi connectivity index (χ4n) is 4.02. The molecule has 2 amide bonds. The molecule has 0 saturated carbocycles. The van der Waals surface area contributed by atoms with E-state index in [4.69, 9.17) is 16.3 Å². The Morgan fingerprint density at radius 3 is 2.16 bits per heavy atom. The van der Waals surface area contributed by atoms with Gasteiger partial charge in [-0.3, -0.25) is 13.9 Å². The lowest BCUT2D eigenvalue weighted by atomic mass is 10.1. The summed E-state index contributed by atoms with van der Waals surface area (Å²) in [5.74, 6) is -0.353. The molecular weight excluding hydrogens is 526 g/mol. The molecule has 0 aliphatic rings. The third-order valence-electron chi connectivity index (χ3n) is 6.01. The van der Waals surface area contributed by atoms with Crippen LogP contribution in [-0.4, -0.2) is 51.4 Å². The molecule has 0 bridgehead atoms. The highest BCUT2D eigenvalue weighted by Gasteiger charge is 2.33. The lowest BCUT2D eigenvalue weighted by Crippen LogP contribution is -2.52. The third-order valence-corrected chi connectivity index (χ3v) is 8.16. The molecule has 0 spiro atoms. The molecule has 3 aromatic rings. The van der Waals surface area contributed by atoms with Crippen LogP contribution in [-0.2, 0) is 26.2 Å². The monoisotopic (exact) mass is 557 g/mol. The molecular formula is C28H32ClN3O5S. The summed E-state index contributed by atoms with van der Waals surface area (Å²) in [5.41, 5.74) is 0.968. The van der Waals surface area contributed by atoms with Crippen molar-refractivity contribution in [3.8, 4) is 5.75 Å². The predicted molar refractivity (Wildman–Crippen MR) is 149 cm³/mol. The number of likely N-dealkylation sites (N-methyl/N-ethyl adjacent to an activating group) is 1. The fraction of sp³-hybridized carbons (Fsp3) is 0.286. The summed E-state index contributed by atoms with van der Waals surface area (Å²) >= 11 is 6.39. The molecule has 8 nitrogen and oxygen atoms in total. The average Bonchev–Trinajstić information content (AvgIpc) is 2.93. The van der Waals surface area contributed by atoms with E-state index in [9.17, 15) is 18.0 Å². The van der Waals surface area contributed by atoms with Crippen LogP contribution in [0.5, 0.6) is 5.75 Å². The number of methoxy groups -OCH3 is 1. The molecule has 1 atom stereocenters. The summed E-state index contributed by atoms with van der Waals surface area (Å²) in [6, 6.07) is 20.6. The second-order valence-electron chi connectivity index (χ2n) is 8.45. The van der Waals surface area contributed by atoms with Crippen molar-refractivity contribution >= 4 is 39.1 Å². The van der Waals surface area contributed by atoms with E-state index in [-0.39, 0.29) is 17.3 Å². The first-order valence-electron chi connectivity index (χ1n) is 12.2. The van der Waals surface area contributed by atoms with Crippen LogP contribution >= 0.6 is 11.6 Å². The van der Waals surface area contributed by atoms with Crippen molar-refractivity contribution in [3.05, 3.63) is 89.4 Å². The maximum absolute atomic E-state index is 13.9. The number of ether oxygens (including phenoxy) is 1. The Morgan fingerprint density at radius 1 is 0.947 bits per heavy atom. The van der Waals surface area contributed by atoms with Crippen LogP contribution in [0.4, 0.5) is 5.69 Å². The van der Waals surface area contributed by atoms with Gasteiger partial charge in [-0.15, -0.1) is 0 Å². The fourth-order valence-corrected chi connectivity index (χ4v) is 5.63. The number of hydrogen-bond acceptors (Lipinski definition) is 5. The number of rotatable bonds is 12. The Balaban J connectivity index is 2.04. The maximum atomic E-state index is 13.9. The van der Waals surface area contributed by atoms with Gasteiger partial charge in [0.15, 0.2) is 0 Å². The summed E-state index contributed by atoms with van der Waals surface area (Å²) in [7, 11) is -2.66. The van der Waals surface area contributed by atoms with E-state index < -0.39 is 28.5 Å². The summed E-state index contributed by atoms with van der Waals surface area (Å²) in [5, 5.41) is 3.22. The standard InChI is InChI=1S/C28H32ClN3O5S/c1-4-26(28(34)30-5-2)31(19-21-11-9-10-14-25(21)29)27(33)20-32(22-12-7-6-8-13-22)38(35,36)24-17-15-23(37-3)16-18-24/h6-18,26H,4-5,19-20H2,1-3H3,(H,30,34)/t26-/m1/s1. The Morgan fingerprint density at radius 2 is 1.58 bits per heavy atom. The number of amides is 2. The van der Waals surface area contributed by atoms with Crippen molar-refractivity contribution < 1.29 is 22.7 Å². The van der Waals surface area contributed by atoms with Crippen LogP contribution in [0.15, 0.2) is 83.8 Å². The van der Waals surface area contributed by atoms with Crippen LogP contribution in [0.3, 0.4) is 0 Å². The van der Waals surface area contributed by atoms with Gasteiger partial charge in [0, 0.05) is 18.1 Å². The van der Waals surface area contributed by atoms with Gasteiger partial charge in [0.05, 0.1) is 17.7 Å². The summed E-state index contributed by atoms with van der Waals surface area (Å²) in [6.07, 6.45) is 0.332. The first-order chi connectivity index (χ1) is 18.2. The third kappa shape index (κ3) is 6.85. The van der Waals surface area contributed by atoms with Gasteiger partial charge >= 0.3 is 0 Å².